The number of aryl methyl sites for hydroxylation is 8. The molecule has 0 amide bonds. The minimum absolute atomic E-state index is 1.05. The fourth-order valence-electron chi connectivity index (χ4n) is 13.8. The maximum atomic E-state index is 2.49. The fraction of sp³-hybridized carbons (Fsp3) is 0.100. The molecule has 496 valence electrons. The van der Waals surface area contributed by atoms with Crippen LogP contribution < -0.4 is 9.80 Å². The van der Waals surface area contributed by atoms with Crippen LogP contribution in [-0.4, -0.2) is 0 Å². The summed E-state index contributed by atoms with van der Waals surface area (Å²) in [5.41, 5.74) is 37.3. The van der Waals surface area contributed by atoms with Gasteiger partial charge in [-0.25, -0.2) is 0 Å². The third-order valence-electron chi connectivity index (χ3n) is 19.9. The molecule has 0 heterocycles. The Morgan fingerprint density at radius 2 is 0.343 bits per heavy atom. The highest BCUT2D eigenvalue weighted by atomic mass is 15.2. The Hall–Kier alpha value is -12.1. The zero-order chi connectivity index (χ0) is 70.4. The molecule has 102 heavy (non-hydrogen) atoms. The van der Waals surface area contributed by atoms with Gasteiger partial charge in [-0.15, -0.1) is 0 Å². The SMILES string of the molecule is Cc1ccc(C(=Cc2ccc(N(c3ccc(C=C(c4ccc(C)cc4)c4ccc(C)cc4)cc3)c3c(C)c(C)c(N(c4ccc(C=C(c5ccc(C)cc5)c5ccc(C)cc5)cc4)c4ccc(C=C(c5ccc(C)cc5)c5ccc(C)cc5)cc4)c4ccccc34)cc2)c2ccc(C)cc2)cc1. The number of fused-ring (bicyclic) bond motifs is 1. The monoisotopic (exact) mass is 1310 g/mol. The average molecular weight is 1320 g/mol. The van der Waals surface area contributed by atoms with E-state index in [1.165, 1.54) is 122 Å². The number of nitrogens with zero attached hydrogens (tertiary/aromatic N) is 2. The van der Waals surface area contributed by atoms with E-state index in [0.717, 1.165) is 67.2 Å². The molecular formula is C100H86N2. The van der Waals surface area contributed by atoms with Crippen LogP contribution in [0.15, 0.2) is 315 Å². The van der Waals surface area contributed by atoms with Crippen LogP contribution in [0, 0.1) is 69.2 Å². The molecule has 2 heteroatoms. The highest BCUT2D eigenvalue weighted by Gasteiger charge is 2.27. The van der Waals surface area contributed by atoms with E-state index in [9.17, 15) is 0 Å². The van der Waals surface area contributed by atoms with E-state index in [1.54, 1.807) is 0 Å². The van der Waals surface area contributed by atoms with Crippen LogP contribution in [-0.2, 0) is 0 Å². The number of rotatable bonds is 18. The number of hydrogen-bond acceptors (Lipinski definition) is 2. The molecule has 14 rings (SSSR count). The van der Waals surface area contributed by atoms with Crippen LogP contribution in [0.2, 0.25) is 0 Å². The summed E-state index contributed by atoms with van der Waals surface area (Å²) in [6.07, 6.45) is 9.35. The Kier molecular flexibility index (Phi) is 19.6. The van der Waals surface area contributed by atoms with Gasteiger partial charge in [0.25, 0.3) is 0 Å². The van der Waals surface area contributed by atoms with Gasteiger partial charge in [-0.1, -0.05) is 311 Å². The molecule has 0 radical (unpaired) electrons. The fourth-order valence-corrected chi connectivity index (χ4v) is 13.8. The second-order valence-corrected chi connectivity index (χ2v) is 27.7. The van der Waals surface area contributed by atoms with E-state index in [4.69, 9.17) is 0 Å². The number of benzene rings is 14. The molecule has 0 saturated heterocycles. The quantitative estimate of drug-likeness (QED) is 0.0790. The van der Waals surface area contributed by atoms with Crippen molar-refractivity contribution in [3.05, 3.63) is 438 Å². The van der Waals surface area contributed by atoms with E-state index in [1.807, 2.05) is 0 Å². The van der Waals surface area contributed by atoms with Crippen LogP contribution >= 0.6 is 0 Å². The number of hydrogen-bond donors (Lipinski definition) is 0. The molecule has 0 bridgehead atoms. The zero-order valence-electron chi connectivity index (χ0n) is 60.2. The molecule has 0 aromatic heterocycles. The molecule has 0 unspecified atom stereocenters. The minimum Gasteiger partial charge on any atom is -0.310 e. The van der Waals surface area contributed by atoms with Gasteiger partial charge in [-0.05, 0) is 242 Å². The third-order valence-corrected chi connectivity index (χ3v) is 19.9. The molecule has 14 aromatic carbocycles. The van der Waals surface area contributed by atoms with Gasteiger partial charge in [0.1, 0.15) is 0 Å². The van der Waals surface area contributed by atoms with Crippen LogP contribution in [0.3, 0.4) is 0 Å². The molecule has 0 saturated carbocycles. The molecule has 0 spiro atoms. The summed E-state index contributed by atoms with van der Waals surface area (Å²) >= 11 is 0. The maximum Gasteiger partial charge on any atom is 0.0573 e. The molecule has 0 aliphatic carbocycles. The first-order valence-corrected chi connectivity index (χ1v) is 35.6. The van der Waals surface area contributed by atoms with Gasteiger partial charge in [0.05, 0.1) is 11.4 Å². The maximum absolute atomic E-state index is 2.49. The highest BCUT2D eigenvalue weighted by Crippen LogP contribution is 2.50. The minimum atomic E-state index is 1.05. The van der Waals surface area contributed by atoms with Gasteiger partial charge in [-0.3, -0.25) is 0 Å². The molecule has 0 fully saturated rings. The lowest BCUT2D eigenvalue weighted by Gasteiger charge is -2.34. The van der Waals surface area contributed by atoms with Gasteiger partial charge in [0.2, 0.25) is 0 Å². The Bertz CT molecular complexity index is 4570. The van der Waals surface area contributed by atoms with E-state index < -0.39 is 0 Å². The second-order valence-electron chi connectivity index (χ2n) is 27.7. The largest absolute Gasteiger partial charge is 0.310 e. The Morgan fingerprint density at radius 3 is 0.500 bits per heavy atom. The van der Waals surface area contributed by atoms with Crippen molar-refractivity contribution in [2.24, 2.45) is 0 Å². The van der Waals surface area contributed by atoms with Gasteiger partial charge in [-0.2, -0.15) is 0 Å². The van der Waals surface area contributed by atoms with Crippen molar-refractivity contribution in [1.29, 1.82) is 0 Å². The molecule has 0 aliphatic rings. The Labute approximate surface area is 604 Å². The van der Waals surface area contributed by atoms with E-state index in [2.05, 4.69) is 419 Å². The van der Waals surface area contributed by atoms with Crippen LogP contribution in [0.25, 0.3) is 57.4 Å². The summed E-state index contributed by atoms with van der Waals surface area (Å²) in [6.45, 7) is 21.8. The average Bonchev–Trinajstić information content (AvgIpc) is 0.732. The lowest BCUT2D eigenvalue weighted by molar-refractivity contribution is 1.21. The smallest absolute Gasteiger partial charge is 0.0573 e. The first kappa shape index (κ1) is 67.1. The normalized spacial score (nSPS) is 11.0. The van der Waals surface area contributed by atoms with E-state index in [0.29, 0.717) is 0 Å². The summed E-state index contributed by atoms with van der Waals surface area (Å²) in [4.78, 5) is 4.98. The molecule has 0 aliphatic heterocycles. The summed E-state index contributed by atoms with van der Waals surface area (Å²) < 4.78 is 0. The van der Waals surface area contributed by atoms with Crippen molar-refractivity contribution in [3.63, 3.8) is 0 Å². The van der Waals surface area contributed by atoms with Crippen molar-refractivity contribution in [2.75, 3.05) is 9.80 Å². The second kappa shape index (κ2) is 29.8. The number of anilines is 6. The Balaban J connectivity index is 0.940. The molecular weight excluding hydrogens is 1230 g/mol. The summed E-state index contributed by atoms with van der Waals surface area (Å²) in [7, 11) is 0. The molecule has 0 N–H and O–H groups in total. The zero-order valence-corrected chi connectivity index (χ0v) is 60.2. The van der Waals surface area contributed by atoms with E-state index >= 15 is 0 Å². The van der Waals surface area contributed by atoms with Crippen molar-refractivity contribution in [3.8, 4) is 0 Å². The standard InChI is InChI=1S/C100H86N2/c1-67-15-39-81(40-16-67)95(82-41-17-68(2)18-42-82)63-77-31-55-89(56-32-77)101(90-57-33-78(34-58-90)64-96(83-43-19-69(3)20-44-83)84-45-21-70(4)22-46-84)99-75(9)76(10)100(94-14-12-11-13-93(94)99)102(91-59-35-79(36-60-91)65-97(85-47-23-71(5)24-48-85)86-49-25-72(6)26-50-86)92-61-37-80(38-62-92)66-98(87-51-27-73(7)28-52-87)88-53-29-74(8)30-54-88/h11-66H,1-10H3. The van der Waals surface area contributed by atoms with Crippen LogP contribution in [0.1, 0.15) is 122 Å². The first-order valence-electron chi connectivity index (χ1n) is 35.6. The molecule has 14 aromatic rings. The first-order chi connectivity index (χ1) is 49.6. The predicted molar refractivity (Wildman–Crippen MR) is 440 cm³/mol. The van der Waals surface area contributed by atoms with Crippen molar-refractivity contribution in [1.82, 2.24) is 0 Å². The van der Waals surface area contributed by atoms with Crippen LogP contribution in [0.4, 0.5) is 34.1 Å². The lowest BCUT2D eigenvalue weighted by atomic mass is 9.93. The van der Waals surface area contributed by atoms with Crippen molar-refractivity contribution < 1.29 is 0 Å². The van der Waals surface area contributed by atoms with Crippen molar-refractivity contribution in [2.45, 2.75) is 69.2 Å². The lowest BCUT2D eigenvalue weighted by Crippen LogP contribution is -2.16. The van der Waals surface area contributed by atoms with Crippen LogP contribution in [0.5, 0.6) is 0 Å². The van der Waals surface area contributed by atoms with Gasteiger partial charge >= 0.3 is 0 Å². The van der Waals surface area contributed by atoms with Gasteiger partial charge in [0.15, 0.2) is 0 Å². The topological polar surface area (TPSA) is 6.48 Å². The third kappa shape index (κ3) is 14.9. The van der Waals surface area contributed by atoms with E-state index in [-0.39, 0.29) is 0 Å². The Morgan fingerprint density at radius 1 is 0.186 bits per heavy atom. The highest BCUT2D eigenvalue weighted by molar-refractivity contribution is 6.10. The predicted octanol–water partition coefficient (Wildman–Crippen LogP) is 27.2. The van der Waals surface area contributed by atoms with Gasteiger partial charge in [0, 0.05) is 33.5 Å². The van der Waals surface area contributed by atoms with Crippen molar-refractivity contribution >= 4 is 91.5 Å². The molecule has 0 atom stereocenters. The summed E-state index contributed by atoms with van der Waals surface area (Å²) in [5.74, 6) is 0. The summed E-state index contributed by atoms with van der Waals surface area (Å²) in [5, 5.41) is 2.27. The summed E-state index contributed by atoms with van der Waals surface area (Å²) in [6, 6.07) is 117. The molecule has 2 nitrogen and oxygen atoms in total. The van der Waals surface area contributed by atoms with Gasteiger partial charge < -0.3 is 9.80 Å².